The van der Waals surface area contributed by atoms with Gasteiger partial charge in [-0.1, -0.05) is 79.9 Å². The van der Waals surface area contributed by atoms with Crippen molar-refractivity contribution in [2.75, 3.05) is 0 Å². The summed E-state index contributed by atoms with van der Waals surface area (Å²) in [6, 6.07) is 16.8. The Morgan fingerprint density at radius 1 is 1.05 bits per heavy atom. The Labute approximate surface area is 133 Å². The van der Waals surface area contributed by atoms with Crippen molar-refractivity contribution in [1.29, 1.82) is 0 Å². The summed E-state index contributed by atoms with van der Waals surface area (Å²) >= 11 is 0. The van der Waals surface area contributed by atoms with Crippen LogP contribution in [0.2, 0.25) is 0 Å². The fourth-order valence-corrected chi connectivity index (χ4v) is 2.43. The molecule has 112 valence electrons. The smallest absolute Gasteiger partial charge is 0.0485 e. The second-order valence-electron chi connectivity index (χ2n) is 5.54. The zero-order valence-corrected chi connectivity index (χ0v) is 13.4. The van der Waals surface area contributed by atoms with Gasteiger partial charge in [-0.2, -0.15) is 0 Å². The summed E-state index contributed by atoms with van der Waals surface area (Å²) in [5.74, 6) is 0. The van der Waals surface area contributed by atoms with E-state index in [4.69, 9.17) is 0 Å². The van der Waals surface area contributed by atoms with Crippen LogP contribution in [0.1, 0.15) is 42.1 Å². The van der Waals surface area contributed by atoms with E-state index in [-0.39, 0.29) is 6.04 Å². The van der Waals surface area contributed by atoms with Gasteiger partial charge in [-0.3, -0.25) is 0 Å². The van der Waals surface area contributed by atoms with Crippen LogP contribution in [0, 0.1) is 0 Å². The van der Waals surface area contributed by atoms with E-state index in [0.29, 0.717) is 0 Å². The minimum atomic E-state index is 0.185. The zero-order valence-electron chi connectivity index (χ0n) is 13.4. The molecule has 1 unspecified atom stereocenters. The molecule has 0 saturated heterocycles. The van der Waals surface area contributed by atoms with E-state index >= 15 is 0 Å². The van der Waals surface area contributed by atoms with E-state index in [9.17, 15) is 0 Å². The second kappa shape index (κ2) is 6.95. The summed E-state index contributed by atoms with van der Waals surface area (Å²) < 4.78 is 0. The molecule has 22 heavy (non-hydrogen) atoms. The van der Waals surface area contributed by atoms with Gasteiger partial charge in [-0.25, -0.2) is 0 Å². The molecular formula is C21H23N. The van der Waals surface area contributed by atoms with Gasteiger partial charge < -0.3 is 5.32 Å². The Balaban J connectivity index is 2.14. The molecule has 2 aromatic carbocycles. The predicted molar refractivity (Wildman–Crippen MR) is 98.3 cm³/mol. The first kappa shape index (κ1) is 15.8. The van der Waals surface area contributed by atoms with Crippen molar-refractivity contribution in [3.05, 3.63) is 90.5 Å². The molecule has 0 aliphatic carbocycles. The lowest BCUT2D eigenvalue weighted by Gasteiger charge is -2.19. The molecule has 2 aromatic rings. The SMILES string of the molecule is C=Cc1ccccc1C(=C)NC(C)c1ccc(C(=C)C)cc1. The quantitative estimate of drug-likeness (QED) is 0.721. The molecule has 0 radical (unpaired) electrons. The maximum atomic E-state index is 4.17. The van der Waals surface area contributed by atoms with Gasteiger partial charge in [-0.15, -0.1) is 0 Å². The average molecular weight is 289 g/mol. The highest BCUT2D eigenvalue weighted by atomic mass is 14.9. The minimum absolute atomic E-state index is 0.185. The second-order valence-corrected chi connectivity index (χ2v) is 5.54. The third kappa shape index (κ3) is 3.56. The Morgan fingerprint density at radius 2 is 1.68 bits per heavy atom. The maximum absolute atomic E-state index is 4.17. The van der Waals surface area contributed by atoms with E-state index in [1.54, 1.807) is 0 Å². The number of allylic oxidation sites excluding steroid dienone is 1. The molecule has 0 bridgehead atoms. The van der Waals surface area contributed by atoms with Crippen molar-refractivity contribution in [2.45, 2.75) is 19.9 Å². The summed E-state index contributed by atoms with van der Waals surface area (Å²) in [4.78, 5) is 0. The van der Waals surface area contributed by atoms with Gasteiger partial charge in [0.25, 0.3) is 0 Å². The molecular weight excluding hydrogens is 266 g/mol. The van der Waals surface area contributed by atoms with E-state index in [1.807, 2.05) is 31.2 Å². The van der Waals surface area contributed by atoms with Crippen LogP contribution in [-0.2, 0) is 0 Å². The number of hydrogen-bond donors (Lipinski definition) is 1. The Bertz CT molecular complexity index is 692. The number of benzene rings is 2. The van der Waals surface area contributed by atoms with Gasteiger partial charge in [0.15, 0.2) is 0 Å². The lowest BCUT2D eigenvalue weighted by atomic mass is 10.0. The van der Waals surface area contributed by atoms with E-state index in [0.717, 1.165) is 22.4 Å². The van der Waals surface area contributed by atoms with Gasteiger partial charge in [0.05, 0.1) is 0 Å². The van der Waals surface area contributed by atoms with E-state index in [1.165, 1.54) is 11.1 Å². The van der Waals surface area contributed by atoms with Crippen LogP contribution in [-0.4, -0.2) is 0 Å². The number of hydrogen-bond acceptors (Lipinski definition) is 1. The number of rotatable bonds is 6. The van der Waals surface area contributed by atoms with Gasteiger partial charge in [0.2, 0.25) is 0 Å². The molecule has 0 saturated carbocycles. The first-order valence-corrected chi connectivity index (χ1v) is 7.46. The van der Waals surface area contributed by atoms with Crippen LogP contribution < -0.4 is 5.32 Å². The van der Waals surface area contributed by atoms with Crippen LogP contribution in [0.25, 0.3) is 17.3 Å². The van der Waals surface area contributed by atoms with E-state index in [2.05, 4.69) is 62.3 Å². The zero-order chi connectivity index (χ0) is 16.1. The molecule has 2 rings (SSSR count). The van der Waals surface area contributed by atoms with Crippen LogP contribution in [0.3, 0.4) is 0 Å². The first-order valence-electron chi connectivity index (χ1n) is 7.46. The summed E-state index contributed by atoms with van der Waals surface area (Å²) in [6.45, 7) is 16.2. The molecule has 1 atom stereocenters. The van der Waals surface area contributed by atoms with Crippen LogP contribution in [0.5, 0.6) is 0 Å². The molecule has 0 aliphatic rings. The average Bonchev–Trinajstić information content (AvgIpc) is 2.54. The number of nitrogens with one attached hydrogen (secondary N) is 1. The molecule has 0 fully saturated rings. The summed E-state index contributed by atoms with van der Waals surface area (Å²) in [5, 5.41) is 3.47. The standard InChI is InChI=1S/C21H23N/c1-6-18-9-7-8-10-21(18)17(5)22-16(4)20-13-11-19(12-14-20)15(2)3/h6-14,16,22H,1-2,5H2,3-4H3. The van der Waals surface area contributed by atoms with Crippen molar-refractivity contribution in [1.82, 2.24) is 5.32 Å². The molecule has 1 heteroatoms. The topological polar surface area (TPSA) is 12.0 Å². The summed E-state index contributed by atoms with van der Waals surface area (Å²) in [5.41, 5.74) is 6.56. The lowest BCUT2D eigenvalue weighted by molar-refractivity contribution is 0.701. The summed E-state index contributed by atoms with van der Waals surface area (Å²) in [7, 11) is 0. The Kier molecular flexibility index (Phi) is 5.00. The summed E-state index contributed by atoms with van der Waals surface area (Å²) in [6.07, 6.45) is 1.86. The van der Waals surface area contributed by atoms with Crippen molar-refractivity contribution in [3.63, 3.8) is 0 Å². The lowest BCUT2D eigenvalue weighted by Crippen LogP contribution is -2.17. The monoisotopic (exact) mass is 289 g/mol. The molecule has 1 nitrogen and oxygen atoms in total. The van der Waals surface area contributed by atoms with Crippen molar-refractivity contribution < 1.29 is 0 Å². The predicted octanol–water partition coefficient (Wildman–Crippen LogP) is 5.68. The highest BCUT2D eigenvalue weighted by Gasteiger charge is 2.09. The van der Waals surface area contributed by atoms with Crippen molar-refractivity contribution >= 4 is 17.3 Å². The first-order chi connectivity index (χ1) is 10.5. The van der Waals surface area contributed by atoms with Crippen LogP contribution >= 0.6 is 0 Å². The van der Waals surface area contributed by atoms with Gasteiger partial charge in [-0.05, 0) is 30.5 Å². The molecule has 0 amide bonds. The van der Waals surface area contributed by atoms with Crippen molar-refractivity contribution in [2.24, 2.45) is 0 Å². The highest BCUT2D eigenvalue weighted by molar-refractivity contribution is 5.71. The minimum Gasteiger partial charge on any atom is -0.378 e. The van der Waals surface area contributed by atoms with Crippen LogP contribution in [0.4, 0.5) is 0 Å². The van der Waals surface area contributed by atoms with Gasteiger partial charge >= 0.3 is 0 Å². The molecule has 0 aromatic heterocycles. The molecule has 0 spiro atoms. The van der Waals surface area contributed by atoms with Gasteiger partial charge in [0.1, 0.15) is 0 Å². The van der Waals surface area contributed by atoms with Crippen molar-refractivity contribution in [3.8, 4) is 0 Å². The van der Waals surface area contributed by atoms with E-state index < -0.39 is 0 Å². The molecule has 0 aliphatic heterocycles. The third-order valence-electron chi connectivity index (χ3n) is 3.80. The Morgan fingerprint density at radius 3 is 2.27 bits per heavy atom. The molecule has 1 N–H and O–H groups in total. The maximum Gasteiger partial charge on any atom is 0.0485 e. The fourth-order valence-electron chi connectivity index (χ4n) is 2.43. The van der Waals surface area contributed by atoms with Gasteiger partial charge in [0, 0.05) is 17.3 Å². The molecule has 0 heterocycles. The highest BCUT2D eigenvalue weighted by Crippen LogP contribution is 2.22. The normalized spacial score (nSPS) is 11.5. The largest absolute Gasteiger partial charge is 0.378 e. The fraction of sp³-hybridized carbons (Fsp3) is 0.143. The van der Waals surface area contributed by atoms with Crippen LogP contribution in [0.15, 0.2) is 68.3 Å². The Hall–Kier alpha value is -2.54. The third-order valence-corrected chi connectivity index (χ3v) is 3.80.